The highest BCUT2D eigenvalue weighted by Gasteiger charge is 2.11. The lowest BCUT2D eigenvalue weighted by Crippen LogP contribution is -2.22. The Hall–Kier alpha value is -1.31. The van der Waals surface area contributed by atoms with Gasteiger partial charge in [0.1, 0.15) is 0 Å². The maximum atomic E-state index is 6.03. The van der Waals surface area contributed by atoms with Crippen LogP contribution in [0.15, 0.2) is 48.5 Å². The van der Waals surface area contributed by atoms with Crippen molar-refractivity contribution in [3.63, 3.8) is 0 Å². The van der Waals surface area contributed by atoms with Gasteiger partial charge in [-0.15, -0.1) is 0 Å². The lowest BCUT2D eigenvalue weighted by molar-refractivity contribution is 0.494. The summed E-state index contributed by atoms with van der Waals surface area (Å²) in [5.74, 6) is 0. The molecule has 0 spiro atoms. The van der Waals surface area contributed by atoms with Crippen molar-refractivity contribution in [1.82, 2.24) is 5.32 Å². The molecule has 0 bridgehead atoms. The fourth-order valence-corrected chi connectivity index (χ4v) is 2.40. The van der Waals surface area contributed by atoms with Gasteiger partial charge in [-0.1, -0.05) is 53.6 Å². The summed E-state index contributed by atoms with van der Waals surface area (Å²) in [5, 5.41) is 4.39. The molecule has 0 heterocycles. The average Bonchev–Trinajstić information content (AvgIpc) is 2.39. The minimum atomic E-state index is 0.273. The van der Waals surface area contributed by atoms with Crippen molar-refractivity contribution in [1.29, 1.82) is 0 Å². The largest absolute Gasteiger partial charge is 0.304 e. The fourth-order valence-electron chi connectivity index (χ4n) is 2.20. The predicted molar refractivity (Wildman–Crippen MR) is 82.6 cm³/mol. The smallest absolute Gasteiger partial charge is 0.0409 e. The summed E-state index contributed by atoms with van der Waals surface area (Å²) in [4.78, 5) is 0. The van der Waals surface area contributed by atoms with Crippen molar-refractivity contribution < 1.29 is 0 Å². The SMILES string of the molecule is Cc1ccc([C@@H](C)NC(C)c2cccc(Cl)c2)cc1. The summed E-state index contributed by atoms with van der Waals surface area (Å²) in [6, 6.07) is 17.3. The number of rotatable bonds is 4. The molecule has 0 saturated carbocycles. The van der Waals surface area contributed by atoms with Crippen molar-refractivity contribution in [2.75, 3.05) is 0 Å². The van der Waals surface area contributed by atoms with Gasteiger partial charge in [0, 0.05) is 17.1 Å². The first kappa shape index (κ1) is 14.1. The van der Waals surface area contributed by atoms with Crippen LogP contribution in [0.5, 0.6) is 0 Å². The van der Waals surface area contributed by atoms with Crippen LogP contribution in [0.1, 0.15) is 42.6 Å². The van der Waals surface area contributed by atoms with Crippen molar-refractivity contribution in [3.8, 4) is 0 Å². The molecule has 0 aromatic heterocycles. The Labute approximate surface area is 120 Å². The highest BCUT2D eigenvalue weighted by atomic mass is 35.5. The van der Waals surface area contributed by atoms with Crippen LogP contribution in [0, 0.1) is 6.92 Å². The molecule has 0 radical (unpaired) electrons. The van der Waals surface area contributed by atoms with Crippen LogP contribution >= 0.6 is 11.6 Å². The molecule has 0 aliphatic rings. The van der Waals surface area contributed by atoms with E-state index in [4.69, 9.17) is 11.6 Å². The van der Waals surface area contributed by atoms with E-state index in [9.17, 15) is 0 Å². The first-order valence-corrected chi connectivity index (χ1v) is 7.02. The molecule has 100 valence electrons. The van der Waals surface area contributed by atoms with E-state index in [2.05, 4.69) is 56.4 Å². The lowest BCUT2D eigenvalue weighted by Gasteiger charge is -2.21. The molecule has 2 atom stereocenters. The summed E-state index contributed by atoms with van der Waals surface area (Å²) in [6.45, 7) is 6.46. The van der Waals surface area contributed by atoms with Crippen LogP contribution in [0.4, 0.5) is 0 Å². The van der Waals surface area contributed by atoms with E-state index in [0.717, 1.165) is 5.02 Å². The van der Waals surface area contributed by atoms with Gasteiger partial charge in [-0.3, -0.25) is 0 Å². The second-order valence-corrected chi connectivity index (χ2v) is 5.51. The summed E-state index contributed by atoms with van der Waals surface area (Å²) >= 11 is 6.03. The van der Waals surface area contributed by atoms with E-state index < -0.39 is 0 Å². The normalized spacial score (nSPS) is 14.1. The van der Waals surface area contributed by atoms with Crippen molar-refractivity contribution in [2.45, 2.75) is 32.9 Å². The summed E-state index contributed by atoms with van der Waals surface area (Å²) in [5.41, 5.74) is 3.81. The van der Waals surface area contributed by atoms with Gasteiger partial charge in [0.15, 0.2) is 0 Å². The molecule has 1 unspecified atom stereocenters. The molecule has 19 heavy (non-hydrogen) atoms. The number of aryl methyl sites for hydroxylation is 1. The second kappa shape index (κ2) is 6.23. The van der Waals surface area contributed by atoms with Gasteiger partial charge in [-0.25, -0.2) is 0 Å². The molecule has 0 aliphatic heterocycles. The van der Waals surface area contributed by atoms with E-state index in [1.165, 1.54) is 16.7 Å². The quantitative estimate of drug-likeness (QED) is 0.821. The maximum absolute atomic E-state index is 6.03. The van der Waals surface area contributed by atoms with Gasteiger partial charge >= 0.3 is 0 Å². The number of hydrogen-bond donors (Lipinski definition) is 1. The highest BCUT2D eigenvalue weighted by molar-refractivity contribution is 6.30. The van der Waals surface area contributed by atoms with Crippen LogP contribution in [0.25, 0.3) is 0 Å². The van der Waals surface area contributed by atoms with E-state index in [1.807, 2.05) is 18.2 Å². The van der Waals surface area contributed by atoms with Gasteiger partial charge in [0.25, 0.3) is 0 Å². The van der Waals surface area contributed by atoms with E-state index >= 15 is 0 Å². The van der Waals surface area contributed by atoms with Crippen LogP contribution in [-0.2, 0) is 0 Å². The second-order valence-electron chi connectivity index (χ2n) is 5.08. The van der Waals surface area contributed by atoms with E-state index in [1.54, 1.807) is 0 Å². The average molecular weight is 274 g/mol. The molecular formula is C17H20ClN. The Kier molecular flexibility index (Phi) is 4.62. The number of benzene rings is 2. The maximum Gasteiger partial charge on any atom is 0.0409 e. The Bertz CT molecular complexity index is 533. The molecule has 2 heteroatoms. The molecular weight excluding hydrogens is 254 g/mol. The first-order chi connectivity index (χ1) is 9.06. The van der Waals surface area contributed by atoms with Crippen molar-refractivity contribution in [2.24, 2.45) is 0 Å². The molecule has 2 aromatic rings. The molecule has 0 saturated heterocycles. The standard InChI is InChI=1S/C17H20ClN/c1-12-7-9-15(10-8-12)13(2)19-14(3)16-5-4-6-17(18)11-16/h4-11,13-14,19H,1-3H3/t13-,14?/m1/s1. The highest BCUT2D eigenvalue weighted by Crippen LogP contribution is 2.21. The van der Waals surface area contributed by atoms with E-state index in [0.29, 0.717) is 6.04 Å². The minimum Gasteiger partial charge on any atom is -0.304 e. The third kappa shape index (κ3) is 3.82. The predicted octanol–water partition coefficient (Wildman–Crippen LogP) is 5.06. The number of nitrogens with one attached hydrogen (secondary N) is 1. The molecule has 0 fully saturated rings. The molecule has 1 nitrogen and oxygen atoms in total. The number of hydrogen-bond acceptors (Lipinski definition) is 1. The van der Waals surface area contributed by atoms with Gasteiger partial charge in [0.2, 0.25) is 0 Å². The van der Waals surface area contributed by atoms with Crippen LogP contribution in [0.3, 0.4) is 0 Å². The zero-order chi connectivity index (χ0) is 13.8. The summed E-state index contributed by atoms with van der Waals surface area (Å²) in [6.07, 6.45) is 0. The molecule has 2 aromatic carbocycles. The van der Waals surface area contributed by atoms with Gasteiger partial charge in [-0.2, -0.15) is 0 Å². The lowest BCUT2D eigenvalue weighted by atomic mass is 10.0. The minimum absolute atomic E-state index is 0.273. The van der Waals surface area contributed by atoms with Crippen molar-refractivity contribution in [3.05, 3.63) is 70.2 Å². The number of halogens is 1. The first-order valence-electron chi connectivity index (χ1n) is 6.64. The topological polar surface area (TPSA) is 12.0 Å². The Morgan fingerprint density at radius 3 is 2.16 bits per heavy atom. The Morgan fingerprint density at radius 1 is 0.895 bits per heavy atom. The van der Waals surface area contributed by atoms with Gasteiger partial charge in [-0.05, 0) is 44.0 Å². The van der Waals surface area contributed by atoms with Crippen LogP contribution in [-0.4, -0.2) is 0 Å². The van der Waals surface area contributed by atoms with Crippen LogP contribution < -0.4 is 5.32 Å². The van der Waals surface area contributed by atoms with Crippen LogP contribution in [0.2, 0.25) is 5.02 Å². The molecule has 0 amide bonds. The molecule has 0 aliphatic carbocycles. The van der Waals surface area contributed by atoms with Gasteiger partial charge < -0.3 is 5.32 Å². The van der Waals surface area contributed by atoms with E-state index in [-0.39, 0.29) is 6.04 Å². The van der Waals surface area contributed by atoms with Gasteiger partial charge in [0.05, 0.1) is 0 Å². The summed E-state index contributed by atoms with van der Waals surface area (Å²) in [7, 11) is 0. The zero-order valence-corrected chi connectivity index (χ0v) is 12.4. The molecule has 1 N–H and O–H groups in total. The molecule has 2 rings (SSSR count). The summed E-state index contributed by atoms with van der Waals surface area (Å²) < 4.78 is 0. The third-order valence-corrected chi connectivity index (χ3v) is 3.66. The zero-order valence-electron chi connectivity index (χ0n) is 11.7. The fraction of sp³-hybridized carbons (Fsp3) is 0.294. The Balaban J connectivity index is 2.06. The Morgan fingerprint density at radius 2 is 1.53 bits per heavy atom. The monoisotopic (exact) mass is 273 g/mol. The third-order valence-electron chi connectivity index (χ3n) is 3.43. The van der Waals surface area contributed by atoms with Crippen molar-refractivity contribution >= 4 is 11.6 Å².